The van der Waals surface area contributed by atoms with E-state index in [1.54, 1.807) is 26.8 Å². The van der Waals surface area contributed by atoms with Gasteiger partial charge in [0.2, 0.25) is 0 Å². The minimum absolute atomic E-state index is 0.00370. The van der Waals surface area contributed by atoms with E-state index in [4.69, 9.17) is 4.74 Å². The van der Waals surface area contributed by atoms with Crippen LogP contribution in [0.15, 0.2) is 35.1 Å². The lowest BCUT2D eigenvalue weighted by Gasteiger charge is -2.16. The Hall–Kier alpha value is -2.10. The van der Waals surface area contributed by atoms with E-state index in [2.05, 4.69) is 4.98 Å². The Balaban J connectivity index is 2.24. The van der Waals surface area contributed by atoms with Gasteiger partial charge in [-0.2, -0.15) is 0 Å². The molecule has 1 heterocycles. The Labute approximate surface area is 111 Å². The molecule has 0 aliphatic carbocycles. The van der Waals surface area contributed by atoms with Crippen molar-refractivity contribution in [3.63, 3.8) is 0 Å². The zero-order chi connectivity index (χ0) is 14.0. The molecule has 0 radical (unpaired) electrons. The highest BCUT2D eigenvalue weighted by atomic mass is 16.5. The molecule has 0 atom stereocenters. The molecule has 0 aliphatic rings. The summed E-state index contributed by atoms with van der Waals surface area (Å²) < 4.78 is 5.16. The van der Waals surface area contributed by atoms with Gasteiger partial charge in [-0.25, -0.2) is 0 Å². The van der Waals surface area contributed by atoms with Gasteiger partial charge in [0.25, 0.3) is 5.56 Å². The van der Waals surface area contributed by atoms with E-state index >= 15 is 0 Å². The molecule has 0 bridgehead atoms. The van der Waals surface area contributed by atoms with E-state index < -0.39 is 5.41 Å². The number of hydrogen-bond acceptors (Lipinski definition) is 3. The first-order chi connectivity index (χ1) is 8.88. The SMILES string of the molecule is CC(C)(C)C(=O)OCc1cc2ccccc2[nH]c1=O. The molecule has 0 saturated carbocycles. The lowest BCUT2D eigenvalue weighted by molar-refractivity contribution is -0.154. The highest BCUT2D eigenvalue weighted by Crippen LogP contribution is 2.16. The zero-order valence-electron chi connectivity index (χ0n) is 11.3. The van der Waals surface area contributed by atoms with Gasteiger partial charge in [0.15, 0.2) is 0 Å². The number of H-pyrrole nitrogens is 1. The minimum atomic E-state index is -0.566. The number of hydrogen-bond donors (Lipinski definition) is 1. The van der Waals surface area contributed by atoms with Crippen LogP contribution >= 0.6 is 0 Å². The Morgan fingerprint density at radius 1 is 1.26 bits per heavy atom. The van der Waals surface area contributed by atoms with Crippen molar-refractivity contribution < 1.29 is 9.53 Å². The largest absolute Gasteiger partial charge is 0.460 e. The highest BCUT2D eigenvalue weighted by molar-refractivity contribution is 5.79. The molecule has 1 aromatic carbocycles. The predicted octanol–water partition coefficient (Wildman–Crippen LogP) is 2.62. The third-order valence-electron chi connectivity index (χ3n) is 2.80. The summed E-state index contributed by atoms with van der Waals surface area (Å²) in [5.74, 6) is -0.319. The van der Waals surface area contributed by atoms with Gasteiger partial charge in [-0.3, -0.25) is 9.59 Å². The number of para-hydroxylation sites is 1. The van der Waals surface area contributed by atoms with Crippen LogP contribution in [0.25, 0.3) is 10.9 Å². The van der Waals surface area contributed by atoms with Crippen LogP contribution in [0.1, 0.15) is 26.3 Å². The molecule has 0 saturated heterocycles. The summed E-state index contributed by atoms with van der Waals surface area (Å²) in [5.41, 5.74) is 0.443. The van der Waals surface area contributed by atoms with Crippen LogP contribution < -0.4 is 5.56 Å². The molecule has 4 heteroatoms. The third kappa shape index (κ3) is 3.02. The van der Waals surface area contributed by atoms with Crippen LogP contribution in [0, 0.1) is 5.41 Å². The molecule has 0 amide bonds. The molecule has 1 N–H and O–H groups in total. The number of esters is 1. The standard InChI is InChI=1S/C15H17NO3/c1-15(2,3)14(18)19-9-11-8-10-6-4-5-7-12(10)16-13(11)17/h4-8H,9H2,1-3H3,(H,16,17). The van der Waals surface area contributed by atoms with Crippen molar-refractivity contribution in [1.82, 2.24) is 4.98 Å². The maximum absolute atomic E-state index is 11.8. The molecule has 2 rings (SSSR count). The summed E-state index contributed by atoms with van der Waals surface area (Å²) in [6.07, 6.45) is 0. The van der Waals surface area contributed by atoms with E-state index in [0.29, 0.717) is 5.56 Å². The number of rotatable bonds is 2. The quantitative estimate of drug-likeness (QED) is 0.843. The van der Waals surface area contributed by atoms with Crippen LogP contribution in [0.4, 0.5) is 0 Å². The number of fused-ring (bicyclic) bond motifs is 1. The zero-order valence-corrected chi connectivity index (χ0v) is 11.3. The van der Waals surface area contributed by atoms with Crippen molar-refractivity contribution >= 4 is 16.9 Å². The predicted molar refractivity (Wildman–Crippen MR) is 73.8 cm³/mol. The average molecular weight is 259 g/mol. The average Bonchev–Trinajstić information content (AvgIpc) is 2.34. The second-order valence-corrected chi connectivity index (χ2v) is 5.54. The summed E-state index contributed by atoms with van der Waals surface area (Å²) in [7, 11) is 0. The molecular weight excluding hydrogens is 242 g/mol. The van der Waals surface area contributed by atoms with Gasteiger partial charge < -0.3 is 9.72 Å². The van der Waals surface area contributed by atoms with Crippen LogP contribution in [-0.2, 0) is 16.1 Å². The van der Waals surface area contributed by atoms with E-state index in [0.717, 1.165) is 10.9 Å². The van der Waals surface area contributed by atoms with Crippen molar-refractivity contribution in [3.05, 3.63) is 46.2 Å². The lowest BCUT2D eigenvalue weighted by Crippen LogP contribution is -2.24. The van der Waals surface area contributed by atoms with Crippen molar-refractivity contribution in [2.24, 2.45) is 5.41 Å². The molecule has 100 valence electrons. The Morgan fingerprint density at radius 3 is 2.63 bits per heavy atom. The van der Waals surface area contributed by atoms with Gasteiger partial charge in [0, 0.05) is 5.52 Å². The fourth-order valence-electron chi connectivity index (χ4n) is 1.66. The van der Waals surface area contributed by atoms with E-state index in [1.807, 2.05) is 24.3 Å². The smallest absolute Gasteiger partial charge is 0.311 e. The van der Waals surface area contributed by atoms with E-state index in [-0.39, 0.29) is 18.1 Å². The van der Waals surface area contributed by atoms with E-state index in [1.165, 1.54) is 0 Å². The van der Waals surface area contributed by atoms with Crippen molar-refractivity contribution in [2.75, 3.05) is 0 Å². The van der Waals surface area contributed by atoms with Gasteiger partial charge in [-0.1, -0.05) is 18.2 Å². The van der Waals surface area contributed by atoms with E-state index in [9.17, 15) is 9.59 Å². The molecule has 4 nitrogen and oxygen atoms in total. The normalized spacial score (nSPS) is 11.5. The first kappa shape index (κ1) is 13.3. The first-order valence-electron chi connectivity index (χ1n) is 6.16. The van der Waals surface area contributed by atoms with Crippen molar-refractivity contribution in [1.29, 1.82) is 0 Å². The molecule has 19 heavy (non-hydrogen) atoms. The van der Waals surface area contributed by atoms with Crippen molar-refractivity contribution in [2.45, 2.75) is 27.4 Å². The topological polar surface area (TPSA) is 59.2 Å². The maximum atomic E-state index is 11.8. The summed E-state index contributed by atoms with van der Waals surface area (Å²) in [6, 6.07) is 9.25. The second-order valence-electron chi connectivity index (χ2n) is 5.54. The molecule has 0 spiro atoms. The van der Waals surface area contributed by atoms with Crippen LogP contribution in [0.3, 0.4) is 0 Å². The second kappa shape index (κ2) is 4.88. The minimum Gasteiger partial charge on any atom is -0.460 e. The summed E-state index contributed by atoms with van der Waals surface area (Å²) in [5, 5.41) is 0.920. The number of carbonyl (C=O) groups is 1. The molecule has 2 aromatic rings. The number of aromatic amines is 1. The van der Waals surface area contributed by atoms with Crippen LogP contribution in [-0.4, -0.2) is 11.0 Å². The number of pyridine rings is 1. The number of nitrogens with one attached hydrogen (secondary N) is 1. The summed E-state index contributed by atoms with van der Waals surface area (Å²) in [4.78, 5) is 26.3. The Morgan fingerprint density at radius 2 is 1.95 bits per heavy atom. The number of aromatic nitrogens is 1. The number of benzene rings is 1. The molecule has 0 unspecified atom stereocenters. The van der Waals surface area contributed by atoms with Gasteiger partial charge in [-0.05, 0) is 38.3 Å². The molecular formula is C15H17NO3. The first-order valence-corrected chi connectivity index (χ1v) is 6.16. The number of ether oxygens (including phenoxy) is 1. The molecule has 1 aromatic heterocycles. The summed E-state index contributed by atoms with van der Waals surface area (Å²) >= 11 is 0. The highest BCUT2D eigenvalue weighted by Gasteiger charge is 2.23. The van der Waals surface area contributed by atoms with Gasteiger partial charge in [0.05, 0.1) is 11.0 Å². The van der Waals surface area contributed by atoms with Gasteiger partial charge in [-0.15, -0.1) is 0 Å². The van der Waals surface area contributed by atoms with Gasteiger partial charge in [0.1, 0.15) is 6.61 Å². The third-order valence-corrected chi connectivity index (χ3v) is 2.80. The fourth-order valence-corrected chi connectivity index (χ4v) is 1.66. The summed E-state index contributed by atoms with van der Waals surface area (Å²) in [6.45, 7) is 5.33. The molecule has 0 aliphatic heterocycles. The monoisotopic (exact) mass is 259 g/mol. The Kier molecular flexibility index (Phi) is 3.42. The van der Waals surface area contributed by atoms with Crippen LogP contribution in [0.2, 0.25) is 0 Å². The number of carbonyl (C=O) groups excluding carboxylic acids is 1. The van der Waals surface area contributed by atoms with Crippen molar-refractivity contribution in [3.8, 4) is 0 Å². The molecule has 0 fully saturated rings. The fraction of sp³-hybridized carbons (Fsp3) is 0.333. The lowest BCUT2D eigenvalue weighted by atomic mass is 9.97. The maximum Gasteiger partial charge on any atom is 0.311 e. The van der Waals surface area contributed by atoms with Crippen LogP contribution in [0.5, 0.6) is 0 Å². The Bertz CT molecular complexity index is 665. The van der Waals surface area contributed by atoms with Gasteiger partial charge >= 0.3 is 5.97 Å².